The number of aromatic nitrogens is 1. The Labute approximate surface area is 262 Å². The highest BCUT2D eigenvalue weighted by atomic mass is 16.6. The molecule has 0 unspecified atom stereocenters. The maximum Gasteiger partial charge on any atom is 0.410 e. The molecule has 9 heteroatoms. The van der Waals surface area contributed by atoms with Gasteiger partial charge in [0.1, 0.15) is 11.4 Å². The van der Waals surface area contributed by atoms with E-state index >= 15 is 0 Å². The van der Waals surface area contributed by atoms with Crippen molar-refractivity contribution in [2.75, 3.05) is 45.9 Å². The van der Waals surface area contributed by atoms with Crippen molar-refractivity contribution >= 4 is 11.8 Å². The third-order valence-electron chi connectivity index (χ3n) is 7.66. The summed E-state index contributed by atoms with van der Waals surface area (Å²) in [5.41, 5.74) is 3.32. The number of pyridine rings is 1. The summed E-state index contributed by atoms with van der Waals surface area (Å²) in [6.45, 7) is 10.4. The molecule has 0 atom stereocenters. The summed E-state index contributed by atoms with van der Waals surface area (Å²) in [6, 6.07) is 16.5. The molecular formula is C35H47N3O6. The zero-order valence-electron chi connectivity index (χ0n) is 27.2. The molecule has 1 saturated heterocycles. The molecule has 1 amide bonds. The molecule has 9 nitrogen and oxygen atoms in total. The van der Waals surface area contributed by atoms with Crippen molar-refractivity contribution in [3.05, 3.63) is 60.3 Å². The van der Waals surface area contributed by atoms with Gasteiger partial charge >= 0.3 is 6.09 Å². The Kier molecular flexibility index (Phi) is 11.2. The second-order valence-electron chi connectivity index (χ2n) is 11.9. The van der Waals surface area contributed by atoms with Crippen LogP contribution in [-0.2, 0) is 11.3 Å². The molecule has 1 fully saturated rings. The Hall–Kier alpha value is -4.14. The number of amides is 1. The monoisotopic (exact) mass is 605 g/mol. The van der Waals surface area contributed by atoms with Crippen molar-refractivity contribution in [3.63, 3.8) is 0 Å². The summed E-state index contributed by atoms with van der Waals surface area (Å²) in [7, 11) is 4.82. The van der Waals surface area contributed by atoms with Gasteiger partial charge in [-0.25, -0.2) is 4.79 Å². The molecule has 2 aromatic carbocycles. The van der Waals surface area contributed by atoms with E-state index in [4.69, 9.17) is 28.7 Å². The van der Waals surface area contributed by atoms with Gasteiger partial charge in [0, 0.05) is 43.1 Å². The van der Waals surface area contributed by atoms with Crippen LogP contribution in [0.5, 0.6) is 23.0 Å². The van der Waals surface area contributed by atoms with E-state index in [-0.39, 0.29) is 12.1 Å². The van der Waals surface area contributed by atoms with E-state index in [1.54, 1.807) is 27.5 Å². The minimum atomic E-state index is -0.523. The summed E-state index contributed by atoms with van der Waals surface area (Å²) >= 11 is 0. The second kappa shape index (κ2) is 15.0. The number of ether oxygens (including phenoxy) is 5. The van der Waals surface area contributed by atoms with Crippen molar-refractivity contribution in [2.45, 2.75) is 71.6 Å². The van der Waals surface area contributed by atoms with Crippen LogP contribution in [0.1, 0.15) is 58.9 Å². The van der Waals surface area contributed by atoms with Crippen molar-refractivity contribution < 1.29 is 28.5 Å². The number of hydrogen-bond acceptors (Lipinski definition) is 8. The molecule has 0 bridgehead atoms. The first kappa shape index (κ1) is 32.8. The van der Waals surface area contributed by atoms with Crippen LogP contribution in [0.2, 0.25) is 0 Å². The first-order valence-electron chi connectivity index (χ1n) is 15.4. The van der Waals surface area contributed by atoms with Crippen LogP contribution in [-0.4, -0.2) is 68.6 Å². The maximum absolute atomic E-state index is 12.8. The summed E-state index contributed by atoms with van der Waals surface area (Å²) in [4.78, 5) is 21.8. The van der Waals surface area contributed by atoms with Crippen molar-refractivity contribution in [1.29, 1.82) is 0 Å². The van der Waals surface area contributed by atoms with Gasteiger partial charge in [-0.05, 0) is 88.1 Å². The number of piperidine rings is 1. The van der Waals surface area contributed by atoms with Gasteiger partial charge in [-0.1, -0.05) is 19.4 Å². The maximum atomic E-state index is 12.8. The Bertz CT molecular complexity index is 1340. The predicted octanol–water partition coefficient (Wildman–Crippen LogP) is 7.36. The lowest BCUT2D eigenvalue weighted by Gasteiger charge is -2.40. The fraction of sp³-hybridized carbons (Fsp3) is 0.486. The number of hydrogen-bond donors (Lipinski definition) is 0. The molecule has 1 aromatic heterocycles. The minimum Gasteiger partial charge on any atom is -0.494 e. The summed E-state index contributed by atoms with van der Waals surface area (Å²) in [6.07, 6.45) is 5.28. The molecule has 0 aliphatic carbocycles. The molecule has 1 aliphatic heterocycles. The molecule has 0 spiro atoms. The number of methoxy groups -OCH3 is 3. The zero-order valence-corrected chi connectivity index (χ0v) is 27.2. The summed E-state index contributed by atoms with van der Waals surface area (Å²) < 4.78 is 28.4. The van der Waals surface area contributed by atoms with Crippen LogP contribution >= 0.6 is 0 Å². The third kappa shape index (κ3) is 8.27. The quantitative estimate of drug-likeness (QED) is 0.198. The number of nitrogens with zero attached hydrogens (tertiary/aromatic N) is 3. The molecule has 2 heterocycles. The van der Waals surface area contributed by atoms with Crippen LogP contribution in [0.3, 0.4) is 0 Å². The van der Waals surface area contributed by atoms with E-state index in [9.17, 15) is 4.79 Å². The SMILES string of the molecule is CCCCOc1ccc(N(Cc2cccnc2-c2cc(OC)c(OC)c(OC)c2)C2CCN(C(=O)OC(C)(C)C)CC2)cc1. The van der Waals surface area contributed by atoms with Gasteiger partial charge in [0.25, 0.3) is 0 Å². The molecule has 44 heavy (non-hydrogen) atoms. The first-order valence-corrected chi connectivity index (χ1v) is 15.4. The van der Waals surface area contributed by atoms with Gasteiger partial charge in [-0.15, -0.1) is 0 Å². The Balaban J connectivity index is 1.65. The van der Waals surface area contributed by atoms with Crippen LogP contribution in [0.4, 0.5) is 10.5 Å². The van der Waals surface area contributed by atoms with Gasteiger partial charge < -0.3 is 33.5 Å². The normalized spacial score (nSPS) is 13.8. The standard InChI is InChI=1S/C35H47N3O6/c1-8-9-21-43-29-14-12-27(13-15-29)38(28-16-19-37(20-17-28)34(39)44-35(2,3)4)24-25-11-10-18-36-32(25)26-22-30(40-5)33(42-7)31(23-26)41-6/h10-15,18,22-23,28H,8-9,16-17,19-21,24H2,1-7H3. The highest BCUT2D eigenvalue weighted by Gasteiger charge is 2.30. The van der Waals surface area contributed by atoms with Gasteiger partial charge in [0.05, 0.1) is 33.6 Å². The summed E-state index contributed by atoms with van der Waals surface area (Å²) in [5.74, 6) is 2.55. The molecule has 4 rings (SSSR count). The largest absolute Gasteiger partial charge is 0.494 e. The predicted molar refractivity (Wildman–Crippen MR) is 173 cm³/mol. The van der Waals surface area contributed by atoms with Crippen LogP contribution < -0.4 is 23.8 Å². The molecule has 238 valence electrons. The van der Waals surface area contributed by atoms with Crippen LogP contribution in [0, 0.1) is 0 Å². The number of carbonyl (C=O) groups is 1. The Morgan fingerprint density at radius 3 is 2.20 bits per heavy atom. The zero-order chi connectivity index (χ0) is 31.7. The lowest BCUT2D eigenvalue weighted by Crippen LogP contribution is -2.48. The average molecular weight is 606 g/mol. The smallest absolute Gasteiger partial charge is 0.410 e. The van der Waals surface area contributed by atoms with Crippen LogP contribution in [0.25, 0.3) is 11.3 Å². The van der Waals surface area contributed by atoms with Gasteiger partial charge in [-0.2, -0.15) is 0 Å². The van der Waals surface area contributed by atoms with E-state index in [1.165, 1.54) is 0 Å². The molecule has 0 radical (unpaired) electrons. The Morgan fingerprint density at radius 2 is 1.64 bits per heavy atom. The number of carbonyl (C=O) groups excluding carboxylic acids is 1. The highest BCUT2D eigenvalue weighted by Crippen LogP contribution is 2.42. The van der Waals surface area contributed by atoms with Crippen molar-refractivity contribution in [1.82, 2.24) is 9.88 Å². The molecule has 0 N–H and O–H groups in total. The number of anilines is 1. The fourth-order valence-corrected chi connectivity index (χ4v) is 5.41. The number of rotatable bonds is 12. The molecule has 0 saturated carbocycles. The van der Waals surface area contributed by atoms with E-state index < -0.39 is 5.60 Å². The fourth-order valence-electron chi connectivity index (χ4n) is 5.41. The number of likely N-dealkylation sites (tertiary alicyclic amines) is 1. The average Bonchev–Trinajstić information content (AvgIpc) is 3.03. The van der Waals surface area contributed by atoms with E-state index in [0.29, 0.717) is 43.5 Å². The van der Waals surface area contributed by atoms with E-state index in [2.05, 4.69) is 30.0 Å². The minimum absolute atomic E-state index is 0.202. The Morgan fingerprint density at radius 1 is 0.977 bits per heavy atom. The summed E-state index contributed by atoms with van der Waals surface area (Å²) in [5, 5.41) is 0. The first-order chi connectivity index (χ1) is 21.2. The molecular weight excluding hydrogens is 558 g/mol. The van der Waals surface area contributed by atoms with Gasteiger partial charge in [-0.3, -0.25) is 4.98 Å². The molecule has 1 aliphatic rings. The topological polar surface area (TPSA) is 82.6 Å². The number of unbranched alkanes of at least 4 members (excludes halogenated alkanes) is 1. The second-order valence-corrected chi connectivity index (χ2v) is 11.9. The third-order valence-corrected chi connectivity index (χ3v) is 7.66. The lowest BCUT2D eigenvalue weighted by molar-refractivity contribution is 0.0204. The van der Waals surface area contributed by atoms with Crippen molar-refractivity contribution in [2.24, 2.45) is 0 Å². The van der Waals surface area contributed by atoms with Crippen LogP contribution in [0.15, 0.2) is 54.7 Å². The van der Waals surface area contributed by atoms with E-state index in [1.807, 2.05) is 56.0 Å². The lowest BCUT2D eigenvalue weighted by atomic mass is 9.99. The molecule has 3 aromatic rings. The number of benzene rings is 2. The highest BCUT2D eigenvalue weighted by molar-refractivity contribution is 5.71. The van der Waals surface area contributed by atoms with Gasteiger partial charge in [0.2, 0.25) is 5.75 Å². The van der Waals surface area contributed by atoms with Gasteiger partial charge in [0.15, 0.2) is 11.5 Å². The van der Waals surface area contributed by atoms with E-state index in [0.717, 1.165) is 53.9 Å². The van der Waals surface area contributed by atoms with Crippen molar-refractivity contribution in [3.8, 4) is 34.3 Å².